The van der Waals surface area contributed by atoms with E-state index in [-0.39, 0.29) is 11.0 Å². The molecule has 4 nitrogen and oxygen atoms in total. The van der Waals surface area contributed by atoms with Gasteiger partial charge in [-0.15, -0.1) is 0 Å². The number of nitrogens with one attached hydrogen (secondary N) is 2. The zero-order chi connectivity index (χ0) is 14.9. The van der Waals surface area contributed by atoms with E-state index in [1.54, 1.807) is 0 Å². The van der Waals surface area contributed by atoms with E-state index in [4.69, 9.17) is 0 Å². The number of thioether (sulfide) groups is 1. The summed E-state index contributed by atoms with van der Waals surface area (Å²) >= 11 is 2.01. The minimum Gasteiger partial charge on any atom is -0.354 e. The molecule has 1 saturated carbocycles. The van der Waals surface area contributed by atoms with Crippen LogP contribution < -0.4 is 10.6 Å². The molecule has 2 heterocycles. The molecule has 2 saturated heterocycles. The first-order valence-corrected chi connectivity index (χ1v) is 9.49. The summed E-state index contributed by atoms with van der Waals surface area (Å²) in [5.41, 5.74) is 0.0463. The van der Waals surface area contributed by atoms with Crippen molar-refractivity contribution in [3.8, 4) is 0 Å². The van der Waals surface area contributed by atoms with E-state index in [1.165, 1.54) is 31.4 Å². The second-order valence-electron chi connectivity index (χ2n) is 7.33. The molecule has 0 radical (unpaired) electrons. The molecule has 3 rings (SSSR count). The highest BCUT2D eigenvalue weighted by Crippen LogP contribution is 2.44. The van der Waals surface area contributed by atoms with Crippen LogP contribution in [0.1, 0.15) is 32.1 Å². The van der Waals surface area contributed by atoms with Crippen LogP contribution in [0.4, 0.5) is 0 Å². The Kier molecular flexibility index (Phi) is 4.53. The third-order valence-corrected chi connectivity index (χ3v) is 7.33. The molecular weight excluding hydrogens is 282 g/mol. The van der Waals surface area contributed by atoms with Gasteiger partial charge < -0.3 is 15.5 Å². The van der Waals surface area contributed by atoms with Crippen LogP contribution in [0.2, 0.25) is 0 Å². The summed E-state index contributed by atoms with van der Waals surface area (Å²) in [5, 5.41) is 6.82. The molecule has 2 aliphatic heterocycles. The molecule has 5 heteroatoms. The number of rotatable bonds is 4. The van der Waals surface area contributed by atoms with Gasteiger partial charge in [0.25, 0.3) is 0 Å². The highest BCUT2D eigenvalue weighted by Gasteiger charge is 2.50. The summed E-state index contributed by atoms with van der Waals surface area (Å²) in [5.74, 6) is 3.22. The average molecular weight is 311 g/mol. The van der Waals surface area contributed by atoms with Crippen LogP contribution in [0.3, 0.4) is 0 Å². The topological polar surface area (TPSA) is 44.4 Å². The maximum absolute atomic E-state index is 12.9. The number of likely N-dealkylation sites (N-methyl/N-ethyl adjacent to an activating group) is 1. The molecular formula is C16H29N3OS. The van der Waals surface area contributed by atoms with Crippen molar-refractivity contribution in [1.82, 2.24) is 15.5 Å². The summed E-state index contributed by atoms with van der Waals surface area (Å²) in [6.45, 7) is 2.72. The fraction of sp³-hybridized carbons (Fsp3) is 0.938. The Morgan fingerprint density at radius 1 is 1.38 bits per heavy atom. The Bertz CT molecular complexity index is 395. The first-order valence-electron chi connectivity index (χ1n) is 8.33. The third kappa shape index (κ3) is 2.73. The number of carbonyl (C=O) groups is 1. The monoisotopic (exact) mass is 311 g/mol. The number of fused-ring (bicyclic) bond motifs is 1. The van der Waals surface area contributed by atoms with Crippen LogP contribution in [-0.2, 0) is 4.79 Å². The van der Waals surface area contributed by atoms with E-state index in [9.17, 15) is 4.79 Å². The lowest BCUT2D eigenvalue weighted by molar-refractivity contribution is -0.134. The van der Waals surface area contributed by atoms with E-state index in [1.807, 2.05) is 11.8 Å². The summed E-state index contributed by atoms with van der Waals surface area (Å²) in [6, 6.07) is 0. The molecule has 0 aromatic carbocycles. The molecule has 1 aliphatic carbocycles. The van der Waals surface area contributed by atoms with Gasteiger partial charge in [-0.25, -0.2) is 0 Å². The van der Waals surface area contributed by atoms with Gasteiger partial charge in [-0.2, -0.15) is 11.8 Å². The molecule has 0 aromatic heterocycles. The molecule has 2 N–H and O–H groups in total. The normalized spacial score (nSPS) is 39.5. The van der Waals surface area contributed by atoms with E-state index in [0.29, 0.717) is 11.8 Å². The van der Waals surface area contributed by atoms with Crippen LogP contribution in [0.15, 0.2) is 0 Å². The van der Waals surface area contributed by atoms with Crippen LogP contribution >= 0.6 is 11.8 Å². The SMILES string of the molecule is CN(C)C1(CNC(=O)[C@@]23CCCC[C@H]2CNC3)CCSC1. The van der Waals surface area contributed by atoms with Gasteiger partial charge in [0, 0.05) is 24.4 Å². The predicted octanol–water partition coefficient (Wildman–Crippen LogP) is 1.32. The van der Waals surface area contributed by atoms with Crippen molar-refractivity contribution in [1.29, 1.82) is 0 Å². The lowest BCUT2D eigenvalue weighted by atomic mass is 9.67. The quantitative estimate of drug-likeness (QED) is 0.822. The van der Waals surface area contributed by atoms with E-state index < -0.39 is 0 Å². The van der Waals surface area contributed by atoms with Crippen molar-refractivity contribution in [3.63, 3.8) is 0 Å². The Morgan fingerprint density at radius 2 is 2.24 bits per heavy atom. The van der Waals surface area contributed by atoms with Gasteiger partial charge in [-0.05, 0) is 51.6 Å². The summed E-state index contributed by atoms with van der Waals surface area (Å²) in [6.07, 6.45) is 5.97. The van der Waals surface area contributed by atoms with Gasteiger partial charge in [0.15, 0.2) is 0 Å². The number of nitrogens with zero attached hydrogens (tertiary/aromatic N) is 1. The van der Waals surface area contributed by atoms with Gasteiger partial charge in [0.1, 0.15) is 0 Å². The van der Waals surface area contributed by atoms with Crippen LogP contribution in [0.5, 0.6) is 0 Å². The number of carbonyl (C=O) groups excluding carboxylic acids is 1. The van der Waals surface area contributed by atoms with Crippen molar-refractivity contribution < 1.29 is 4.79 Å². The largest absolute Gasteiger partial charge is 0.354 e. The Balaban J connectivity index is 1.66. The highest BCUT2D eigenvalue weighted by atomic mass is 32.2. The first-order chi connectivity index (χ1) is 10.1. The van der Waals surface area contributed by atoms with Gasteiger partial charge >= 0.3 is 0 Å². The highest BCUT2D eigenvalue weighted by molar-refractivity contribution is 7.99. The van der Waals surface area contributed by atoms with Crippen LogP contribution in [-0.4, -0.2) is 61.6 Å². The Morgan fingerprint density at radius 3 is 2.95 bits per heavy atom. The molecule has 3 aliphatic rings. The van der Waals surface area contributed by atoms with E-state index >= 15 is 0 Å². The van der Waals surface area contributed by atoms with Crippen molar-refractivity contribution >= 4 is 17.7 Å². The number of hydrogen-bond donors (Lipinski definition) is 2. The lowest BCUT2D eigenvalue weighted by Gasteiger charge is -2.40. The molecule has 3 fully saturated rings. The second-order valence-corrected chi connectivity index (χ2v) is 8.44. The summed E-state index contributed by atoms with van der Waals surface area (Å²) < 4.78 is 0. The van der Waals surface area contributed by atoms with Gasteiger partial charge in [0.2, 0.25) is 5.91 Å². The van der Waals surface area contributed by atoms with Gasteiger partial charge in [-0.1, -0.05) is 12.8 Å². The van der Waals surface area contributed by atoms with Crippen molar-refractivity contribution in [2.24, 2.45) is 11.3 Å². The van der Waals surface area contributed by atoms with Crippen molar-refractivity contribution in [2.75, 3.05) is 45.2 Å². The first kappa shape index (κ1) is 15.6. The van der Waals surface area contributed by atoms with Crippen molar-refractivity contribution in [3.05, 3.63) is 0 Å². The van der Waals surface area contributed by atoms with Gasteiger partial charge in [-0.3, -0.25) is 4.79 Å². The third-order valence-electron chi connectivity index (χ3n) is 6.10. The lowest BCUT2D eigenvalue weighted by Crippen LogP contribution is -2.56. The second kappa shape index (κ2) is 6.09. The molecule has 0 bridgehead atoms. The zero-order valence-corrected chi connectivity index (χ0v) is 14.2. The molecule has 21 heavy (non-hydrogen) atoms. The number of hydrogen-bond acceptors (Lipinski definition) is 4. The Hall–Kier alpha value is -0.260. The standard InChI is InChI=1S/C16H29N3OS/c1-19(2)15(7-8-21-12-15)10-18-14(20)16-6-4-3-5-13(16)9-17-11-16/h13,17H,3-12H2,1-2H3,(H,18,20)/t13-,15?,16+/m0/s1. The maximum Gasteiger partial charge on any atom is 0.227 e. The molecule has 120 valence electrons. The van der Waals surface area contributed by atoms with Gasteiger partial charge in [0.05, 0.1) is 5.41 Å². The fourth-order valence-electron chi connectivity index (χ4n) is 4.36. The van der Waals surface area contributed by atoms with E-state index in [2.05, 4.69) is 29.6 Å². The zero-order valence-electron chi connectivity index (χ0n) is 13.4. The van der Waals surface area contributed by atoms with E-state index in [0.717, 1.165) is 31.8 Å². The molecule has 1 unspecified atom stereocenters. The molecule has 0 aromatic rings. The smallest absolute Gasteiger partial charge is 0.227 e. The molecule has 0 spiro atoms. The van der Waals surface area contributed by atoms with Crippen molar-refractivity contribution in [2.45, 2.75) is 37.6 Å². The average Bonchev–Trinajstić information content (AvgIpc) is 3.12. The Labute approximate surface area is 132 Å². The summed E-state index contributed by atoms with van der Waals surface area (Å²) in [4.78, 5) is 15.3. The molecule has 1 amide bonds. The summed E-state index contributed by atoms with van der Waals surface area (Å²) in [7, 11) is 4.30. The van der Waals surface area contributed by atoms with Crippen LogP contribution in [0.25, 0.3) is 0 Å². The number of amides is 1. The van der Waals surface area contributed by atoms with Crippen LogP contribution in [0, 0.1) is 11.3 Å². The minimum absolute atomic E-state index is 0.114. The predicted molar refractivity (Wildman–Crippen MR) is 88.6 cm³/mol. The minimum atomic E-state index is -0.114. The maximum atomic E-state index is 12.9. The molecule has 3 atom stereocenters. The fourth-order valence-corrected chi connectivity index (χ4v) is 5.91.